The summed E-state index contributed by atoms with van der Waals surface area (Å²) in [7, 11) is 0. The van der Waals surface area contributed by atoms with Gasteiger partial charge in [0.1, 0.15) is 0 Å². The van der Waals surface area contributed by atoms with Gasteiger partial charge in [-0.2, -0.15) is 0 Å². The number of hydrogen-bond donors (Lipinski definition) is 1. The van der Waals surface area contributed by atoms with Crippen LogP contribution in [-0.2, 0) is 0 Å². The van der Waals surface area contributed by atoms with Crippen LogP contribution in [0.4, 0.5) is 0 Å². The summed E-state index contributed by atoms with van der Waals surface area (Å²) in [4.78, 5) is 19.3. The van der Waals surface area contributed by atoms with Crippen molar-refractivity contribution >= 4 is 17.1 Å². The van der Waals surface area contributed by atoms with E-state index in [0.717, 1.165) is 18.5 Å². The van der Waals surface area contributed by atoms with Crippen LogP contribution in [0.3, 0.4) is 0 Å². The molecular formula is C26H27N3O2. The molecular weight excluding hydrogens is 386 g/mol. The summed E-state index contributed by atoms with van der Waals surface area (Å²) >= 11 is 0. The topological polar surface area (TPSA) is 58.4 Å². The van der Waals surface area contributed by atoms with Gasteiger partial charge in [0.15, 0.2) is 0 Å². The van der Waals surface area contributed by atoms with E-state index >= 15 is 0 Å². The number of allylic oxidation sites excluding steroid dienone is 2. The van der Waals surface area contributed by atoms with Crippen LogP contribution in [0.5, 0.6) is 0 Å². The fraction of sp³-hybridized carbons (Fsp3) is 0.308. The lowest BCUT2D eigenvalue weighted by Crippen LogP contribution is -2.43. The molecule has 1 aromatic heterocycles. The summed E-state index contributed by atoms with van der Waals surface area (Å²) in [6.07, 6.45) is 5.43. The number of aliphatic hydroxyl groups is 1. The van der Waals surface area contributed by atoms with E-state index in [0.29, 0.717) is 18.5 Å². The summed E-state index contributed by atoms with van der Waals surface area (Å²) in [5.41, 5.74) is 5.38. The van der Waals surface area contributed by atoms with Gasteiger partial charge in [0.05, 0.1) is 36.4 Å². The van der Waals surface area contributed by atoms with Crippen molar-refractivity contribution in [3.63, 3.8) is 0 Å². The average molecular weight is 414 g/mol. The lowest BCUT2D eigenvalue weighted by atomic mass is 9.90. The van der Waals surface area contributed by atoms with Gasteiger partial charge in [0.25, 0.3) is 5.91 Å². The highest BCUT2D eigenvalue weighted by Gasteiger charge is 2.38. The fourth-order valence-corrected chi connectivity index (χ4v) is 5.21. The monoisotopic (exact) mass is 413 g/mol. The molecule has 1 saturated heterocycles. The van der Waals surface area contributed by atoms with Gasteiger partial charge in [-0.15, -0.1) is 0 Å². The summed E-state index contributed by atoms with van der Waals surface area (Å²) in [6.45, 7) is 2.82. The first-order valence-corrected chi connectivity index (χ1v) is 11.0. The van der Waals surface area contributed by atoms with Crippen LogP contribution in [0.2, 0.25) is 0 Å². The molecule has 0 aliphatic carbocycles. The van der Waals surface area contributed by atoms with Crippen LogP contribution in [0.1, 0.15) is 53.8 Å². The number of rotatable bonds is 5. The Hall–Kier alpha value is -3.18. The van der Waals surface area contributed by atoms with Crippen LogP contribution >= 0.6 is 0 Å². The number of carbonyl (C=O) groups is 1. The quantitative estimate of drug-likeness (QED) is 0.673. The molecule has 3 atom stereocenters. The third-order valence-electron chi connectivity index (χ3n) is 6.70. The van der Waals surface area contributed by atoms with Crippen LogP contribution in [0, 0.1) is 0 Å². The van der Waals surface area contributed by atoms with Gasteiger partial charge < -0.3 is 14.6 Å². The zero-order valence-electron chi connectivity index (χ0n) is 17.7. The maximum Gasteiger partial charge on any atom is 0.254 e. The second-order valence-corrected chi connectivity index (χ2v) is 8.48. The van der Waals surface area contributed by atoms with Crippen molar-refractivity contribution in [2.45, 2.75) is 44.4 Å². The molecule has 5 rings (SSSR count). The molecule has 1 amide bonds. The van der Waals surface area contributed by atoms with Crippen molar-refractivity contribution in [1.82, 2.24) is 14.5 Å². The molecule has 3 heterocycles. The number of likely N-dealkylation sites (tertiary alicyclic amines) is 1. The minimum atomic E-state index is -0.611. The Morgan fingerprint density at radius 3 is 2.58 bits per heavy atom. The van der Waals surface area contributed by atoms with Gasteiger partial charge in [-0.05, 0) is 48.6 Å². The Balaban J connectivity index is 1.41. The minimum absolute atomic E-state index is 0.00387. The smallest absolute Gasteiger partial charge is 0.254 e. The van der Waals surface area contributed by atoms with Crippen molar-refractivity contribution in [1.29, 1.82) is 0 Å². The predicted molar refractivity (Wildman–Crippen MR) is 121 cm³/mol. The van der Waals surface area contributed by atoms with Crippen LogP contribution in [-0.4, -0.2) is 44.2 Å². The molecule has 5 nitrogen and oxygen atoms in total. The second kappa shape index (κ2) is 8.16. The van der Waals surface area contributed by atoms with Crippen molar-refractivity contribution in [3.8, 4) is 0 Å². The molecule has 31 heavy (non-hydrogen) atoms. The third-order valence-corrected chi connectivity index (χ3v) is 6.70. The lowest BCUT2D eigenvalue weighted by Gasteiger charge is -2.31. The lowest BCUT2D eigenvalue weighted by molar-refractivity contribution is 0.0436. The Kier molecular flexibility index (Phi) is 5.20. The van der Waals surface area contributed by atoms with E-state index in [1.54, 1.807) is 0 Å². The number of imidazole rings is 1. The number of hydrogen-bond acceptors (Lipinski definition) is 3. The van der Waals surface area contributed by atoms with E-state index in [1.807, 2.05) is 66.0 Å². The van der Waals surface area contributed by atoms with Crippen LogP contribution in [0.25, 0.3) is 11.1 Å². The Bertz CT molecular complexity index is 1100. The number of benzene rings is 2. The van der Waals surface area contributed by atoms with Gasteiger partial charge in [-0.3, -0.25) is 4.79 Å². The highest BCUT2D eigenvalue weighted by molar-refractivity contribution is 5.95. The maximum atomic E-state index is 13.1. The molecule has 1 fully saturated rings. The summed E-state index contributed by atoms with van der Waals surface area (Å²) in [5.74, 6) is 0.00639. The van der Waals surface area contributed by atoms with E-state index < -0.39 is 6.10 Å². The number of aliphatic hydroxyl groups excluding tert-OH is 1. The zero-order valence-corrected chi connectivity index (χ0v) is 17.7. The molecule has 2 aliphatic heterocycles. The molecule has 0 bridgehead atoms. The maximum absolute atomic E-state index is 13.1. The van der Waals surface area contributed by atoms with Gasteiger partial charge >= 0.3 is 0 Å². The number of fused-ring (bicyclic) bond motifs is 1. The van der Waals surface area contributed by atoms with Gasteiger partial charge in [0.2, 0.25) is 0 Å². The molecule has 0 radical (unpaired) electrons. The number of carbonyl (C=O) groups excluding carboxylic acids is 1. The zero-order chi connectivity index (χ0) is 21.4. The van der Waals surface area contributed by atoms with E-state index in [1.165, 1.54) is 16.7 Å². The summed E-state index contributed by atoms with van der Waals surface area (Å²) < 4.78 is 2.17. The van der Waals surface area contributed by atoms with Crippen LogP contribution in [0.15, 0.2) is 73.2 Å². The Morgan fingerprint density at radius 1 is 1.13 bits per heavy atom. The molecule has 2 aliphatic rings. The molecule has 5 heteroatoms. The number of amides is 1. The molecule has 2 aromatic carbocycles. The fourth-order valence-electron chi connectivity index (χ4n) is 5.21. The van der Waals surface area contributed by atoms with Crippen molar-refractivity contribution < 1.29 is 9.90 Å². The summed E-state index contributed by atoms with van der Waals surface area (Å²) in [5, 5.41) is 11.3. The van der Waals surface area contributed by atoms with E-state index in [9.17, 15) is 9.90 Å². The first-order valence-electron chi connectivity index (χ1n) is 11.0. The highest BCUT2D eigenvalue weighted by atomic mass is 16.3. The third kappa shape index (κ3) is 3.49. The normalized spacial score (nSPS) is 21.4. The van der Waals surface area contributed by atoms with Crippen molar-refractivity contribution in [3.05, 3.63) is 90.0 Å². The molecule has 3 aromatic rings. The standard InChI is InChI=1S/C26H27N3O2/c1-18-23-16-27-17-29(23)22(25(18)19-9-4-2-5-10-19)15-24(30)21-13-8-14-28(21)26(31)20-11-6-3-7-12-20/h2-7,9-12,16-17,21-22,24,30H,8,13-15H2,1H3/t21?,22?,24-/m1/s1. The van der Waals surface area contributed by atoms with Crippen LogP contribution < -0.4 is 0 Å². The second-order valence-electron chi connectivity index (χ2n) is 8.48. The predicted octanol–water partition coefficient (Wildman–Crippen LogP) is 4.42. The number of nitrogens with zero attached hydrogens (tertiary/aromatic N) is 3. The molecule has 158 valence electrons. The van der Waals surface area contributed by atoms with Crippen molar-refractivity contribution in [2.24, 2.45) is 0 Å². The summed E-state index contributed by atoms with van der Waals surface area (Å²) in [6, 6.07) is 19.6. The highest BCUT2D eigenvalue weighted by Crippen LogP contribution is 2.45. The first-order chi connectivity index (χ1) is 15.1. The average Bonchev–Trinajstić information content (AvgIpc) is 3.53. The Morgan fingerprint density at radius 2 is 1.84 bits per heavy atom. The van der Waals surface area contributed by atoms with Gasteiger partial charge in [-0.1, -0.05) is 48.5 Å². The van der Waals surface area contributed by atoms with Gasteiger partial charge in [0, 0.05) is 18.5 Å². The van der Waals surface area contributed by atoms with Gasteiger partial charge in [-0.25, -0.2) is 4.98 Å². The Labute approximate surface area is 182 Å². The molecule has 0 saturated carbocycles. The van der Waals surface area contributed by atoms with E-state index in [2.05, 4.69) is 28.6 Å². The molecule has 0 spiro atoms. The minimum Gasteiger partial charge on any atom is -0.391 e. The molecule has 2 unspecified atom stereocenters. The van der Waals surface area contributed by atoms with E-state index in [-0.39, 0.29) is 18.0 Å². The first kappa shape index (κ1) is 19.8. The van der Waals surface area contributed by atoms with Crippen molar-refractivity contribution in [2.75, 3.05) is 6.54 Å². The SMILES string of the molecule is CC1=C(c2ccccc2)C(C[C@@H](O)C2CCCN2C(=O)c2ccccc2)n2cncc21. The molecule has 1 N–H and O–H groups in total. The number of aromatic nitrogens is 2. The largest absolute Gasteiger partial charge is 0.391 e. The van der Waals surface area contributed by atoms with E-state index in [4.69, 9.17) is 0 Å².